The summed E-state index contributed by atoms with van der Waals surface area (Å²) in [6.45, 7) is 4.60. The lowest BCUT2D eigenvalue weighted by atomic mass is 10.2. The maximum Gasteiger partial charge on any atom is 0.326 e. The van der Waals surface area contributed by atoms with Crippen LogP contribution in [-0.4, -0.2) is 41.6 Å². The second kappa shape index (κ2) is 5.18. The molecule has 1 aliphatic carbocycles. The van der Waals surface area contributed by atoms with Crippen LogP contribution in [0.15, 0.2) is 0 Å². The zero-order chi connectivity index (χ0) is 12.3. The lowest BCUT2D eigenvalue weighted by molar-refractivity contribution is -0.139. The zero-order valence-electron chi connectivity index (χ0n) is 10.1. The fourth-order valence-corrected chi connectivity index (χ4v) is 1.69. The molecule has 16 heavy (non-hydrogen) atoms. The maximum absolute atomic E-state index is 11.6. The number of carbonyl (C=O) groups is 2. The van der Waals surface area contributed by atoms with Crippen LogP contribution in [0, 0.1) is 11.8 Å². The van der Waals surface area contributed by atoms with Crippen LogP contribution in [0.1, 0.15) is 26.7 Å². The van der Waals surface area contributed by atoms with Gasteiger partial charge in [-0.3, -0.25) is 0 Å². The van der Waals surface area contributed by atoms with E-state index in [9.17, 15) is 9.59 Å². The molecule has 92 valence electrons. The van der Waals surface area contributed by atoms with Crippen molar-refractivity contribution in [1.29, 1.82) is 0 Å². The van der Waals surface area contributed by atoms with E-state index in [1.165, 1.54) is 0 Å². The predicted octanol–water partition coefficient (Wildman–Crippen LogP) is 1.15. The Hall–Kier alpha value is -1.26. The van der Waals surface area contributed by atoms with Gasteiger partial charge in [0.25, 0.3) is 0 Å². The van der Waals surface area contributed by atoms with Gasteiger partial charge in [0.05, 0.1) is 0 Å². The number of carboxylic acids is 1. The summed E-state index contributed by atoms with van der Waals surface area (Å²) in [5.41, 5.74) is 0. The summed E-state index contributed by atoms with van der Waals surface area (Å²) in [5, 5.41) is 11.3. The number of hydrogen-bond acceptors (Lipinski definition) is 2. The molecule has 1 rings (SSSR count). The molecule has 0 aliphatic heterocycles. The molecule has 0 aromatic rings. The van der Waals surface area contributed by atoms with Crippen LogP contribution < -0.4 is 5.32 Å². The van der Waals surface area contributed by atoms with Gasteiger partial charge in [-0.2, -0.15) is 0 Å². The van der Waals surface area contributed by atoms with Gasteiger partial charge in [-0.15, -0.1) is 0 Å². The van der Waals surface area contributed by atoms with Crippen LogP contribution >= 0.6 is 0 Å². The largest absolute Gasteiger partial charge is 0.480 e. The van der Waals surface area contributed by atoms with Crippen molar-refractivity contribution in [2.24, 2.45) is 11.8 Å². The van der Waals surface area contributed by atoms with Gasteiger partial charge in [0.1, 0.15) is 6.04 Å². The average molecular weight is 228 g/mol. The van der Waals surface area contributed by atoms with Crippen LogP contribution in [0.2, 0.25) is 0 Å². The number of carboxylic acid groups (broad SMARTS) is 1. The summed E-state index contributed by atoms with van der Waals surface area (Å²) in [7, 11) is 1.70. The Morgan fingerprint density at radius 2 is 2.12 bits per heavy atom. The fraction of sp³-hybridized carbons (Fsp3) is 0.818. The Balaban J connectivity index is 2.35. The highest BCUT2D eigenvalue weighted by Gasteiger charge is 2.34. The van der Waals surface area contributed by atoms with E-state index in [0.717, 1.165) is 6.42 Å². The van der Waals surface area contributed by atoms with Gasteiger partial charge in [-0.05, 0) is 24.7 Å². The molecule has 0 saturated heterocycles. The van der Waals surface area contributed by atoms with Crippen molar-refractivity contribution >= 4 is 12.0 Å². The molecule has 3 atom stereocenters. The van der Waals surface area contributed by atoms with E-state index < -0.39 is 12.0 Å². The standard InChI is InChI=1S/C11H20N2O3/c1-4-9(10(14)15)12-11(16)13(3)6-8-5-7(8)2/h7-9H,4-6H2,1-3H3,(H,12,16)(H,14,15)/t7?,8?,9-/m0/s1. The van der Waals surface area contributed by atoms with Crippen LogP contribution in [0.5, 0.6) is 0 Å². The summed E-state index contributed by atoms with van der Waals surface area (Å²) in [4.78, 5) is 23.9. The fourth-order valence-electron chi connectivity index (χ4n) is 1.69. The molecule has 1 saturated carbocycles. The molecular weight excluding hydrogens is 208 g/mol. The summed E-state index contributed by atoms with van der Waals surface area (Å²) in [6.07, 6.45) is 1.56. The van der Waals surface area contributed by atoms with E-state index in [1.807, 2.05) is 0 Å². The summed E-state index contributed by atoms with van der Waals surface area (Å²) in [5.74, 6) is 0.293. The first-order valence-electron chi connectivity index (χ1n) is 5.70. The Labute approximate surface area is 95.8 Å². The van der Waals surface area contributed by atoms with Gasteiger partial charge in [-0.1, -0.05) is 13.8 Å². The van der Waals surface area contributed by atoms with Crippen molar-refractivity contribution in [2.45, 2.75) is 32.7 Å². The SMILES string of the molecule is CC[C@H](NC(=O)N(C)CC1CC1C)C(=O)O. The molecule has 2 amide bonds. The lowest BCUT2D eigenvalue weighted by Crippen LogP contribution is -2.46. The lowest BCUT2D eigenvalue weighted by Gasteiger charge is -2.20. The number of carbonyl (C=O) groups excluding carboxylic acids is 1. The molecule has 0 bridgehead atoms. The van der Waals surface area contributed by atoms with Crippen molar-refractivity contribution in [3.05, 3.63) is 0 Å². The molecule has 0 aromatic carbocycles. The topological polar surface area (TPSA) is 69.6 Å². The number of urea groups is 1. The molecular formula is C11H20N2O3. The number of nitrogens with zero attached hydrogens (tertiary/aromatic N) is 1. The summed E-state index contributed by atoms with van der Waals surface area (Å²) >= 11 is 0. The van der Waals surface area contributed by atoms with Crippen LogP contribution in [0.3, 0.4) is 0 Å². The highest BCUT2D eigenvalue weighted by molar-refractivity contribution is 5.82. The van der Waals surface area contributed by atoms with E-state index in [-0.39, 0.29) is 6.03 Å². The molecule has 5 nitrogen and oxygen atoms in total. The minimum Gasteiger partial charge on any atom is -0.480 e. The van der Waals surface area contributed by atoms with Crippen molar-refractivity contribution < 1.29 is 14.7 Å². The maximum atomic E-state index is 11.6. The Bertz CT molecular complexity index is 280. The highest BCUT2D eigenvalue weighted by atomic mass is 16.4. The number of nitrogens with one attached hydrogen (secondary N) is 1. The van der Waals surface area contributed by atoms with Crippen LogP contribution in [-0.2, 0) is 4.79 Å². The Kier molecular flexibility index (Phi) is 4.15. The summed E-state index contributed by atoms with van der Waals surface area (Å²) < 4.78 is 0. The average Bonchev–Trinajstić information content (AvgIpc) is 2.89. The molecule has 0 aromatic heterocycles. The molecule has 1 fully saturated rings. The molecule has 0 heterocycles. The van der Waals surface area contributed by atoms with Gasteiger partial charge in [0.2, 0.25) is 0 Å². The quantitative estimate of drug-likeness (QED) is 0.741. The van der Waals surface area contributed by atoms with Crippen LogP contribution in [0.25, 0.3) is 0 Å². The zero-order valence-corrected chi connectivity index (χ0v) is 10.1. The minimum atomic E-state index is -0.982. The van der Waals surface area contributed by atoms with Gasteiger partial charge in [-0.25, -0.2) is 9.59 Å². The van der Waals surface area contributed by atoms with Crippen molar-refractivity contribution in [1.82, 2.24) is 10.2 Å². The smallest absolute Gasteiger partial charge is 0.326 e. The summed E-state index contributed by atoms with van der Waals surface area (Å²) in [6, 6.07) is -1.08. The van der Waals surface area contributed by atoms with Crippen molar-refractivity contribution in [3.8, 4) is 0 Å². The van der Waals surface area contributed by atoms with E-state index in [4.69, 9.17) is 5.11 Å². The van der Waals surface area contributed by atoms with Gasteiger partial charge < -0.3 is 15.3 Å². The first-order valence-corrected chi connectivity index (χ1v) is 5.70. The molecule has 0 radical (unpaired) electrons. The number of hydrogen-bond donors (Lipinski definition) is 2. The third-order valence-corrected chi connectivity index (χ3v) is 3.14. The monoisotopic (exact) mass is 228 g/mol. The molecule has 0 spiro atoms. The van der Waals surface area contributed by atoms with Gasteiger partial charge in [0, 0.05) is 13.6 Å². The van der Waals surface area contributed by atoms with E-state index >= 15 is 0 Å². The Morgan fingerprint density at radius 3 is 2.50 bits per heavy atom. The second-order valence-electron chi connectivity index (χ2n) is 4.60. The van der Waals surface area contributed by atoms with Gasteiger partial charge >= 0.3 is 12.0 Å². The predicted molar refractivity (Wildman–Crippen MR) is 60.1 cm³/mol. The number of amides is 2. The minimum absolute atomic E-state index is 0.298. The van der Waals surface area contributed by atoms with Crippen molar-refractivity contribution in [3.63, 3.8) is 0 Å². The van der Waals surface area contributed by atoms with Crippen LogP contribution in [0.4, 0.5) is 4.79 Å². The molecule has 2 N–H and O–H groups in total. The molecule has 2 unspecified atom stereocenters. The highest BCUT2D eigenvalue weighted by Crippen LogP contribution is 2.37. The first-order chi connectivity index (χ1) is 7.45. The van der Waals surface area contributed by atoms with Crippen molar-refractivity contribution in [2.75, 3.05) is 13.6 Å². The van der Waals surface area contributed by atoms with E-state index in [0.29, 0.717) is 24.8 Å². The third-order valence-electron chi connectivity index (χ3n) is 3.14. The third kappa shape index (κ3) is 3.40. The van der Waals surface area contributed by atoms with E-state index in [1.54, 1.807) is 18.9 Å². The number of aliphatic carboxylic acids is 1. The first kappa shape index (κ1) is 12.8. The van der Waals surface area contributed by atoms with E-state index in [2.05, 4.69) is 12.2 Å². The molecule has 5 heteroatoms. The number of rotatable bonds is 5. The Morgan fingerprint density at radius 1 is 1.56 bits per heavy atom. The molecule has 1 aliphatic rings. The van der Waals surface area contributed by atoms with Gasteiger partial charge in [0.15, 0.2) is 0 Å². The second-order valence-corrected chi connectivity index (χ2v) is 4.60. The normalized spacial score (nSPS) is 24.7.